The Balaban J connectivity index is 1.58. The number of aliphatic hydroxyl groups is 1. The van der Waals surface area contributed by atoms with Crippen LogP contribution in [0.2, 0.25) is 0 Å². The molecule has 0 unspecified atom stereocenters. The number of nitrogens with zero attached hydrogens (tertiary/aromatic N) is 4. The summed E-state index contributed by atoms with van der Waals surface area (Å²) in [5.74, 6) is -0.151. The number of rotatable bonds is 7. The lowest BCUT2D eigenvalue weighted by molar-refractivity contribution is -0.0964. The van der Waals surface area contributed by atoms with Crippen LogP contribution in [0.4, 0.5) is 31.7 Å². The number of aromatic nitrogens is 2. The van der Waals surface area contributed by atoms with Crippen molar-refractivity contribution in [3.8, 4) is 11.8 Å². The summed E-state index contributed by atoms with van der Waals surface area (Å²) >= 11 is 4.75. The summed E-state index contributed by atoms with van der Waals surface area (Å²) < 4.78 is 29.8. The Bertz CT molecular complexity index is 1260. The van der Waals surface area contributed by atoms with E-state index in [0.29, 0.717) is 48.0 Å². The minimum atomic E-state index is -3.84. The van der Waals surface area contributed by atoms with Crippen molar-refractivity contribution in [2.24, 2.45) is 0 Å². The molecule has 3 aromatic rings. The minimum Gasteiger partial charge on any atom is -0.420 e. The van der Waals surface area contributed by atoms with Crippen molar-refractivity contribution >= 4 is 40.4 Å². The van der Waals surface area contributed by atoms with Crippen LogP contribution in [-0.4, -0.2) is 45.7 Å². The molecule has 0 radical (unpaired) electrons. The monoisotopic (exact) mass is 500 g/mol. The number of β-amino-alcohol motifs (C(OH)–C–C–N with tert-alkyl or cyclic N) is 1. The van der Waals surface area contributed by atoms with Gasteiger partial charge in [-0.1, -0.05) is 0 Å². The molecule has 1 saturated heterocycles. The fourth-order valence-electron chi connectivity index (χ4n) is 3.54. The molecular formula is C23H19ClF2N6O3. The lowest BCUT2D eigenvalue weighted by Crippen LogP contribution is -2.24. The number of hydrogen-bond acceptors (Lipinski definition) is 8. The van der Waals surface area contributed by atoms with Gasteiger partial charge in [0, 0.05) is 49.0 Å². The number of alkyl halides is 3. The van der Waals surface area contributed by atoms with Gasteiger partial charge in [0.2, 0.25) is 0 Å². The van der Waals surface area contributed by atoms with Crippen molar-refractivity contribution in [3.05, 3.63) is 66.1 Å². The molecule has 0 bridgehead atoms. The fraction of sp³-hybridized carbons (Fsp3) is 0.217. The highest BCUT2D eigenvalue weighted by atomic mass is 35.5. The van der Waals surface area contributed by atoms with Gasteiger partial charge in [-0.05, 0) is 42.8 Å². The summed E-state index contributed by atoms with van der Waals surface area (Å²) in [6.45, 7) is 0.954. The van der Waals surface area contributed by atoms with Crippen LogP contribution in [0.15, 0.2) is 55.0 Å². The molecule has 0 saturated carbocycles. The van der Waals surface area contributed by atoms with Gasteiger partial charge in [0.25, 0.3) is 5.91 Å². The second-order valence-electron chi connectivity index (χ2n) is 7.67. The molecule has 2 aromatic heterocycles. The summed E-state index contributed by atoms with van der Waals surface area (Å²) in [5, 5.41) is 25.1. The van der Waals surface area contributed by atoms with Gasteiger partial charge in [-0.3, -0.25) is 9.78 Å². The molecule has 1 atom stereocenters. The molecule has 35 heavy (non-hydrogen) atoms. The van der Waals surface area contributed by atoms with Crippen molar-refractivity contribution < 1.29 is 23.4 Å². The smallest absolute Gasteiger partial charge is 0.420 e. The third-order valence-corrected chi connectivity index (χ3v) is 5.23. The first-order valence-electron chi connectivity index (χ1n) is 10.4. The molecule has 9 nitrogen and oxygen atoms in total. The van der Waals surface area contributed by atoms with Gasteiger partial charge in [-0.25, -0.2) is 4.98 Å². The first kappa shape index (κ1) is 24.1. The van der Waals surface area contributed by atoms with Crippen LogP contribution in [0, 0.1) is 11.3 Å². The van der Waals surface area contributed by atoms with Gasteiger partial charge in [0.1, 0.15) is 11.8 Å². The molecule has 0 spiro atoms. The highest BCUT2D eigenvalue weighted by Crippen LogP contribution is 2.32. The standard InChI is InChI=1S/C23H19ClF2N6O3/c24-23(25,26)35-18-3-1-16(2-4-18)30-22(34)14-9-20(31-19-5-7-28-11-15(19)10-27)21(29-12-14)32-8-6-17(33)13-32/h1-5,7,9,11-12,17,33H,6,8,13H2,(H,28,31)(H,30,34)/t17-/m1/s1. The van der Waals surface area contributed by atoms with Crippen LogP contribution in [0.5, 0.6) is 5.75 Å². The van der Waals surface area contributed by atoms with Crippen LogP contribution in [0.25, 0.3) is 0 Å². The number of hydrogen-bond donors (Lipinski definition) is 3. The van der Waals surface area contributed by atoms with Gasteiger partial charge in [0.15, 0.2) is 5.82 Å². The summed E-state index contributed by atoms with van der Waals surface area (Å²) in [6, 6.07) is 10.5. The average Bonchev–Trinajstić information content (AvgIpc) is 3.25. The Morgan fingerprint density at radius 1 is 1.26 bits per heavy atom. The first-order valence-corrected chi connectivity index (χ1v) is 10.8. The number of aliphatic hydroxyl groups excluding tert-OH is 1. The third kappa shape index (κ3) is 6.11. The Labute approximate surface area is 203 Å². The van der Waals surface area contributed by atoms with Gasteiger partial charge >= 0.3 is 5.57 Å². The Morgan fingerprint density at radius 2 is 2.03 bits per heavy atom. The molecule has 1 fully saturated rings. The van der Waals surface area contributed by atoms with E-state index in [1.54, 1.807) is 12.1 Å². The maximum Gasteiger partial charge on any atom is 0.487 e. The van der Waals surface area contributed by atoms with Gasteiger partial charge in [0.05, 0.1) is 28.6 Å². The normalized spacial score (nSPS) is 15.4. The van der Waals surface area contributed by atoms with Crippen molar-refractivity contribution in [1.82, 2.24) is 9.97 Å². The summed E-state index contributed by atoms with van der Waals surface area (Å²) in [4.78, 5) is 23.1. The highest BCUT2D eigenvalue weighted by molar-refractivity contribution is 6.20. The van der Waals surface area contributed by atoms with Crippen molar-refractivity contribution in [1.29, 1.82) is 5.26 Å². The van der Waals surface area contributed by atoms with Crippen molar-refractivity contribution in [2.75, 3.05) is 28.6 Å². The molecule has 1 amide bonds. The average molecular weight is 501 g/mol. The second kappa shape index (κ2) is 10.1. The Morgan fingerprint density at radius 3 is 2.69 bits per heavy atom. The maximum atomic E-state index is 12.9. The number of nitriles is 1. The second-order valence-corrected chi connectivity index (χ2v) is 8.11. The van der Waals surface area contributed by atoms with Crippen molar-refractivity contribution in [3.63, 3.8) is 0 Å². The van der Waals surface area contributed by atoms with Gasteiger partial charge < -0.3 is 25.4 Å². The molecule has 1 aliphatic heterocycles. The number of amides is 1. The number of halogens is 3. The summed E-state index contributed by atoms with van der Waals surface area (Å²) in [7, 11) is 0. The predicted octanol–water partition coefficient (Wildman–Crippen LogP) is 4.08. The van der Waals surface area contributed by atoms with E-state index >= 15 is 0 Å². The number of ether oxygens (including phenoxy) is 1. The van der Waals surface area contributed by atoms with E-state index in [9.17, 15) is 23.9 Å². The number of carbonyl (C=O) groups is 1. The quantitative estimate of drug-likeness (QED) is 0.415. The number of benzene rings is 1. The molecule has 1 aliphatic rings. The molecule has 12 heteroatoms. The molecule has 3 heterocycles. The van der Waals surface area contributed by atoms with Crippen LogP contribution in [-0.2, 0) is 0 Å². The lowest BCUT2D eigenvalue weighted by Gasteiger charge is -2.22. The minimum absolute atomic E-state index is 0.168. The summed E-state index contributed by atoms with van der Waals surface area (Å²) in [6.07, 6.45) is 4.43. The van der Waals surface area contributed by atoms with E-state index in [1.165, 1.54) is 42.9 Å². The van der Waals surface area contributed by atoms with Crippen molar-refractivity contribution in [2.45, 2.75) is 18.1 Å². The molecular weight excluding hydrogens is 482 g/mol. The molecule has 4 rings (SSSR count). The van der Waals surface area contributed by atoms with E-state index in [1.807, 2.05) is 4.90 Å². The third-order valence-electron chi connectivity index (χ3n) is 5.15. The Kier molecular flexibility index (Phi) is 6.95. The van der Waals surface area contributed by atoms with E-state index < -0.39 is 17.6 Å². The van der Waals surface area contributed by atoms with Gasteiger partial charge in [-0.2, -0.15) is 5.26 Å². The number of nitrogens with one attached hydrogen (secondary N) is 2. The zero-order valence-electron chi connectivity index (χ0n) is 18.1. The van der Waals surface area contributed by atoms with Gasteiger partial charge in [-0.15, -0.1) is 8.78 Å². The SMILES string of the molecule is N#Cc1cnccc1Nc1cc(C(=O)Nc2ccc(OC(F)(F)Cl)cc2)cnc1N1CC[C@@H](O)C1. The molecule has 1 aromatic carbocycles. The fourth-order valence-corrected chi connectivity index (χ4v) is 3.63. The van der Waals surface area contributed by atoms with Crippen LogP contribution >= 0.6 is 11.6 Å². The Hall–Kier alpha value is -4.01. The first-order chi connectivity index (χ1) is 16.7. The highest BCUT2D eigenvalue weighted by Gasteiger charge is 2.27. The molecule has 3 N–H and O–H groups in total. The van der Waals surface area contributed by atoms with E-state index in [2.05, 4.69) is 31.4 Å². The number of carbonyl (C=O) groups excluding carboxylic acids is 1. The lowest BCUT2D eigenvalue weighted by atomic mass is 10.2. The van der Waals surface area contributed by atoms with Crippen LogP contribution in [0.3, 0.4) is 0 Å². The molecule has 180 valence electrons. The largest absolute Gasteiger partial charge is 0.487 e. The number of pyridine rings is 2. The zero-order valence-corrected chi connectivity index (χ0v) is 18.8. The van der Waals surface area contributed by atoms with E-state index in [0.717, 1.165) is 0 Å². The van der Waals surface area contributed by atoms with E-state index in [-0.39, 0.29) is 11.3 Å². The molecule has 0 aliphatic carbocycles. The zero-order chi connectivity index (χ0) is 25.0. The van der Waals surface area contributed by atoms with E-state index in [4.69, 9.17) is 11.6 Å². The maximum absolute atomic E-state index is 12.9. The topological polar surface area (TPSA) is 123 Å². The van der Waals surface area contributed by atoms with Crippen LogP contribution in [0.1, 0.15) is 22.3 Å². The number of anilines is 4. The predicted molar refractivity (Wildman–Crippen MR) is 125 cm³/mol. The van der Waals surface area contributed by atoms with Crippen LogP contribution < -0.4 is 20.3 Å². The summed E-state index contributed by atoms with van der Waals surface area (Å²) in [5.41, 5.74) is -2.05.